The van der Waals surface area contributed by atoms with Crippen LogP contribution in [0.2, 0.25) is 0 Å². The summed E-state index contributed by atoms with van der Waals surface area (Å²) in [6.07, 6.45) is 1.26. The maximum Gasteiger partial charge on any atom is 0.0594 e. The highest BCUT2D eigenvalue weighted by Gasteiger charge is 2.07. The van der Waals surface area contributed by atoms with Gasteiger partial charge in [-0.25, -0.2) is 0 Å². The fourth-order valence-electron chi connectivity index (χ4n) is 1.14. The van der Waals surface area contributed by atoms with Crippen molar-refractivity contribution in [3.8, 4) is 0 Å². The molecule has 3 heteroatoms. The quantitative estimate of drug-likeness (QED) is 0.547. The van der Waals surface area contributed by atoms with Crippen LogP contribution < -0.4 is 0 Å². The highest BCUT2D eigenvalue weighted by atomic mass is 16.5. The Balaban J connectivity index is 0.000000810. The van der Waals surface area contributed by atoms with Gasteiger partial charge in [-0.1, -0.05) is 6.92 Å². The van der Waals surface area contributed by atoms with Crippen molar-refractivity contribution in [2.45, 2.75) is 13.3 Å². The summed E-state index contributed by atoms with van der Waals surface area (Å²) in [6, 6.07) is 0. The Kier molecular flexibility index (Phi) is 5.58. The first-order chi connectivity index (χ1) is 4.43. The van der Waals surface area contributed by atoms with E-state index in [1.807, 2.05) is 0 Å². The lowest BCUT2D eigenvalue weighted by Crippen LogP contribution is -2.36. The van der Waals surface area contributed by atoms with Gasteiger partial charge in [-0.05, 0) is 13.0 Å². The van der Waals surface area contributed by atoms with E-state index in [9.17, 15) is 0 Å². The summed E-state index contributed by atoms with van der Waals surface area (Å²) in [5.41, 5.74) is 0. The molecule has 1 aliphatic heterocycles. The van der Waals surface area contributed by atoms with Crippen LogP contribution in [0.1, 0.15) is 13.3 Å². The summed E-state index contributed by atoms with van der Waals surface area (Å²) >= 11 is 0. The van der Waals surface area contributed by atoms with Gasteiger partial charge in [-0.2, -0.15) is 0 Å². The lowest BCUT2D eigenvalue weighted by molar-refractivity contribution is 0.0380. The molecule has 0 saturated carbocycles. The first kappa shape index (κ1) is 9.88. The summed E-state index contributed by atoms with van der Waals surface area (Å²) in [7, 11) is 0. The van der Waals surface area contributed by atoms with Crippen LogP contribution in [0.25, 0.3) is 0 Å². The molecule has 1 heterocycles. The summed E-state index contributed by atoms with van der Waals surface area (Å²) in [5.74, 6) is 0. The Labute approximate surface area is 62.3 Å². The van der Waals surface area contributed by atoms with Crippen molar-refractivity contribution in [3.63, 3.8) is 0 Å². The second kappa shape index (κ2) is 5.65. The van der Waals surface area contributed by atoms with Crippen LogP contribution in [0.15, 0.2) is 0 Å². The molecule has 0 atom stereocenters. The molecule has 0 bridgehead atoms. The molecule has 2 N–H and O–H groups in total. The molecule has 1 aliphatic rings. The molecule has 3 nitrogen and oxygen atoms in total. The maximum absolute atomic E-state index is 5.20. The van der Waals surface area contributed by atoms with Crippen molar-refractivity contribution >= 4 is 0 Å². The van der Waals surface area contributed by atoms with E-state index in [1.54, 1.807) is 0 Å². The summed E-state index contributed by atoms with van der Waals surface area (Å²) in [4.78, 5) is 2.45. The van der Waals surface area contributed by atoms with E-state index in [-0.39, 0.29) is 5.48 Å². The van der Waals surface area contributed by atoms with Crippen LogP contribution in [-0.2, 0) is 4.74 Å². The highest BCUT2D eigenvalue weighted by molar-refractivity contribution is 4.59. The van der Waals surface area contributed by atoms with E-state index in [4.69, 9.17) is 4.74 Å². The average molecular weight is 147 g/mol. The van der Waals surface area contributed by atoms with Crippen molar-refractivity contribution < 1.29 is 10.2 Å². The fourth-order valence-corrected chi connectivity index (χ4v) is 1.14. The maximum atomic E-state index is 5.20. The third-order valence-electron chi connectivity index (χ3n) is 1.64. The third-order valence-corrected chi connectivity index (χ3v) is 1.64. The van der Waals surface area contributed by atoms with E-state index >= 15 is 0 Å². The Hall–Kier alpha value is -0.120. The predicted molar refractivity (Wildman–Crippen MR) is 41.2 cm³/mol. The SMILES string of the molecule is CCCN1CCOCC1.O. The van der Waals surface area contributed by atoms with E-state index in [0.717, 1.165) is 26.3 Å². The number of hydrogen-bond donors (Lipinski definition) is 0. The van der Waals surface area contributed by atoms with Gasteiger partial charge in [0.05, 0.1) is 13.2 Å². The van der Waals surface area contributed by atoms with Crippen molar-refractivity contribution in [1.29, 1.82) is 0 Å². The molecule has 62 valence electrons. The van der Waals surface area contributed by atoms with Crippen LogP contribution in [0.5, 0.6) is 0 Å². The lowest BCUT2D eigenvalue weighted by atomic mass is 10.4. The summed E-state index contributed by atoms with van der Waals surface area (Å²) < 4.78 is 5.20. The largest absolute Gasteiger partial charge is 0.412 e. The molecule has 1 saturated heterocycles. The molecule has 0 aliphatic carbocycles. The van der Waals surface area contributed by atoms with Gasteiger partial charge in [0, 0.05) is 13.1 Å². The van der Waals surface area contributed by atoms with Crippen molar-refractivity contribution in [2.75, 3.05) is 32.8 Å². The number of morpholine rings is 1. The molecule has 0 unspecified atom stereocenters. The summed E-state index contributed by atoms with van der Waals surface area (Å²) in [6.45, 7) is 7.58. The predicted octanol–water partition coefficient (Wildman–Crippen LogP) is -0.0961. The molecular formula is C7H17NO2. The van der Waals surface area contributed by atoms with Gasteiger partial charge in [0.2, 0.25) is 0 Å². The van der Waals surface area contributed by atoms with Gasteiger partial charge in [-0.15, -0.1) is 0 Å². The van der Waals surface area contributed by atoms with Gasteiger partial charge in [0.15, 0.2) is 0 Å². The monoisotopic (exact) mass is 147 g/mol. The Morgan fingerprint density at radius 2 is 1.90 bits per heavy atom. The van der Waals surface area contributed by atoms with Crippen LogP contribution in [0.4, 0.5) is 0 Å². The van der Waals surface area contributed by atoms with E-state index in [1.165, 1.54) is 13.0 Å². The zero-order chi connectivity index (χ0) is 6.53. The number of rotatable bonds is 2. The lowest BCUT2D eigenvalue weighted by Gasteiger charge is -2.25. The molecule has 0 radical (unpaired) electrons. The normalized spacial score (nSPS) is 20.1. The summed E-state index contributed by atoms with van der Waals surface area (Å²) in [5, 5.41) is 0. The van der Waals surface area contributed by atoms with E-state index in [0.29, 0.717) is 0 Å². The molecule has 10 heavy (non-hydrogen) atoms. The van der Waals surface area contributed by atoms with Gasteiger partial charge < -0.3 is 10.2 Å². The molecule has 0 amide bonds. The highest BCUT2D eigenvalue weighted by Crippen LogP contribution is 1.96. The topological polar surface area (TPSA) is 44.0 Å². The number of ether oxygens (including phenoxy) is 1. The smallest absolute Gasteiger partial charge is 0.0594 e. The van der Waals surface area contributed by atoms with Gasteiger partial charge >= 0.3 is 0 Å². The second-order valence-corrected chi connectivity index (χ2v) is 2.45. The van der Waals surface area contributed by atoms with Gasteiger partial charge in [0.25, 0.3) is 0 Å². The zero-order valence-electron chi connectivity index (χ0n) is 6.60. The minimum atomic E-state index is 0. The van der Waals surface area contributed by atoms with Crippen molar-refractivity contribution in [2.24, 2.45) is 0 Å². The van der Waals surface area contributed by atoms with Crippen LogP contribution in [0.3, 0.4) is 0 Å². The molecule has 1 fully saturated rings. The van der Waals surface area contributed by atoms with Gasteiger partial charge in [-0.3, -0.25) is 4.90 Å². The third kappa shape index (κ3) is 3.15. The molecule has 0 spiro atoms. The molecule has 0 aromatic carbocycles. The van der Waals surface area contributed by atoms with Crippen LogP contribution in [-0.4, -0.2) is 43.2 Å². The first-order valence-corrected chi connectivity index (χ1v) is 3.73. The fraction of sp³-hybridized carbons (Fsp3) is 1.00. The molecular weight excluding hydrogens is 130 g/mol. The Bertz CT molecular complexity index is 69.3. The minimum absolute atomic E-state index is 0. The standard InChI is InChI=1S/C7H15NO.H2O/c1-2-3-8-4-6-9-7-5-8;/h2-7H2,1H3;1H2. The zero-order valence-corrected chi connectivity index (χ0v) is 6.60. The number of nitrogens with zero attached hydrogens (tertiary/aromatic N) is 1. The van der Waals surface area contributed by atoms with Crippen LogP contribution in [0, 0.1) is 0 Å². The Morgan fingerprint density at radius 3 is 2.40 bits per heavy atom. The van der Waals surface area contributed by atoms with Gasteiger partial charge in [0.1, 0.15) is 0 Å². The van der Waals surface area contributed by atoms with Crippen molar-refractivity contribution in [3.05, 3.63) is 0 Å². The van der Waals surface area contributed by atoms with E-state index in [2.05, 4.69) is 11.8 Å². The first-order valence-electron chi connectivity index (χ1n) is 3.73. The Morgan fingerprint density at radius 1 is 1.30 bits per heavy atom. The van der Waals surface area contributed by atoms with Crippen molar-refractivity contribution in [1.82, 2.24) is 4.90 Å². The minimum Gasteiger partial charge on any atom is -0.412 e. The number of hydrogen-bond acceptors (Lipinski definition) is 2. The van der Waals surface area contributed by atoms with E-state index < -0.39 is 0 Å². The second-order valence-electron chi connectivity index (χ2n) is 2.45. The van der Waals surface area contributed by atoms with Crippen LogP contribution >= 0.6 is 0 Å². The average Bonchev–Trinajstić information content (AvgIpc) is 1.91. The molecule has 0 aromatic rings. The molecule has 0 aromatic heterocycles. The molecule has 1 rings (SSSR count).